The normalized spacial score (nSPS) is 16.3. The number of benzene rings is 1. The average molecular weight is 579 g/mol. The van der Waals surface area contributed by atoms with Crippen LogP contribution >= 0.6 is 46.7 Å². The first-order valence-corrected chi connectivity index (χ1v) is 13.5. The summed E-state index contributed by atoms with van der Waals surface area (Å²) in [5, 5.41) is 9.85. The van der Waals surface area contributed by atoms with Gasteiger partial charge in [-0.05, 0) is 36.4 Å². The molecule has 1 heterocycles. The number of rotatable bonds is 11. The maximum atomic E-state index is 12.3. The Hall–Kier alpha value is -1.96. The molecule has 0 unspecified atom stereocenters. The highest BCUT2D eigenvalue weighted by Crippen LogP contribution is 2.27. The number of amides is 2. The molecule has 1 aromatic rings. The van der Waals surface area contributed by atoms with Gasteiger partial charge in [0.05, 0.1) is 35.1 Å². The highest BCUT2D eigenvalue weighted by Gasteiger charge is 2.21. The van der Waals surface area contributed by atoms with Crippen LogP contribution in [-0.4, -0.2) is 72.6 Å². The SMILES string of the molecule is C=C(SCC(=O)NC[C@H]1CN(Cc2ccc(Cl)c(Cl)c2)CCO1)S/C(=N\N)NC(=O)CC(=O)OCC. The second-order valence-corrected chi connectivity index (χ2v) is 10.7. The minimum Gasteiger partial charge on any atom is -0.466 e. The van der Waals surface area contributed by atoms with E-state index in [1.54, 1.807) is 13.0 Å². The van der Waals surface area contributed by atoms with E-state index in [4.69, 9.17) is 38.5 Å². The Morgan fingerprint density at radius 3 is 2.78 bits per heavy atom. The molecule has 0 spiro atoms. The second-order valence-electron chi connectivity index (χ2n) is 7.51. The van der Waals surface area contributed by atoms with E-state index in [2.05, 4.69) is 27.2 Å². The fourth-order valence-corrected chi connectivity index (χ4v) is 4.89. The zero-order chi connectivity index (χ0) is 26.5. The van der Waals surface area contributed by atoms with E-state index >= 15 is 0 Å². The fourth-order valence-electron chi connectivity index (χ4n) is 3.10. The molecular weight excluding hydrogens is 549 g/mol. The molecule has 36 heavy (non-hydrogen) atoms. The number of carbonyl (C=O) groups excluding carboxylic acids is 3. The molecule has 0 aliphatic carbocycles. The third-order valence-corrected chi connectivity index (χ3v) is 7.39. The van der Waals surface area contributed by atoms with Gasteiger partial charge in [0.15, 0.2) is 5.17 Å². The molecule has 2 amide bonds. The van der Waals surface area contributed by atoms with Gasteiger partial charge in [0.25, 0.3) is 0 Å². The van der Waals surface area contributed by atoms with Crippen LogP contribution in [0.1, 0.15) is 18.9 Å². The lowest BCUT2D eigenvalue weighted by molar-refractivity contribution is -0.145. The van der Waals surface area contributed by atoms with E-state index in [1.807, 2.05) is 12.1 Å². The van der Waals surface area contributed by atoms with Crippen molar-refractivity contribution in [3.05, 3.63) is 44.6 Å². The number of esters is 1. The number of thioether (sulfide) groups is 2. The number of nitrogens with zero attached hydrogens (tertiary/aromatic N) is 2. The summed E-state index contributed by atoms with van der Waals surface area (Å²) in [6, 6.07) is 5.57. The van der Waals surface area contributed by atoms with E-state index in [-0.39, 0.29) is 29.5 Å². The molecule has 1 aliphatic rings. The highest BCUT2D eigenvalue weighted by molar-refractivity contribution is 8.29. The molecule has 0 radical (unpaired) electrons. The van der Waals surface area contributed by atoms with Crippen molar-refractivity contribution in [1.82, 2.24) is 15.5 Å². The lowest BCUT2D eigenvalue weighted by Crippen LogP contribution is -2.47. The smallest absolute Gasteiger partial charge is 0.315 e. The fraction of sp³-hybridized carbons (Fsp3) is 0.455. The Morgan fingerprint density at radius 1 is 1.31 bits per heavy atom. The van der Waals surface area contributed by atoms with Gasteiger partial charge in [0.2, 0.25) is 11.8 Å². The summed E-state index contributed by atoms with van der Waals surface area (Å²) in [5.74, 6) is 3.95. The van der Waals surface area contributed by atoms with Crippen molar-refractivity contribution >= 4 is 69.7 Å². The number of amidine groups is 1. The quantitative estimate of drug-likeness (QED) is 0.0904. The maximum Gasteiger partial charge on any atom is 0.315 e. The zero-order valence-electron chi connectivity index (χ0n) is 19.8. The molecule has 2 rings (SSSR count). The molecule has 1 atom stereocenters. The molecule has 10 nitrogen and oxygen atoms in total. The number of morpholine rings is 1. The first-order chi connectivity index (χ1) is 17.2. The molecule has 4 N–H and O–H groups in total. The average Bonchev–Trinajstić information content (AvgIpc) is 2.83. The number of halogens is 2. The van der Waals surface area contributed by atoms with E-state index in [0.717, 1.165) is 23.9 Å². The minimum absolute atomic E-state index is 0.0554. The van der Waals surface area contributed by atoms with Gasteiger partial charge >= 0.3 is 5.97 Å². The Bertz CT molecular complexity index is 982. The lowest BCUT2D eigenvalue weighted by Gasteiger charge is -2.33. The Balaban J connectivity index is 1.68. The summed E-state index contributed by atoms with van der Waals surface area (Å²) in [6.07, 6.45) is -0.595. The summed E-state index contributed by atoms with van der Waals surface area (Å²) in [7, 11) is 0. The van der Waals surface area contributed by atoms with Crippen LogP contribution in [0, 0.1) is 0 Å². The monoisotopic (exact) mass is 577 g/mol. The largest absolute Gasteiger partial charge is 0.466 e. The molecule has 198 valence electrons. The van der Waals surface area contributed by atoms with Crippen LogP contribution in [-0.2, 0) is 30.4 Å². The molecule has 0 aromatic heterocycles. The standard InChI is InChI=1S/C22H29Cl2N5O5S2/c1-3-33-21(32)9-19(30)27-22(28-25)36-14(2)35-13-20(31)26-10-16-12-29(6-7-34-16)11-15-4-5-17(23)18(24)8-15/h4-5,8,16H,2-3,6-7,9-13,25H2,1H3,(H,26,31)(H,27,28,30)/t16-/m0/s1. The maximum absolute atomic E-state index is 12.3. The van der Waals surface area contributed by atoms with E-state index in [1.165, 1.54) is 11.8 Å². The third-order valence-electron chi connectivity index (χ3n) is 4.69. The number of carbonyl (C=O) groups is 3. The van der Waals surface area contributed by atoms with Crippen molar-refractivity contribution in [3.63, 3.8) is 0 Å². The summed E-state index contributed by atoms with van der Waals surface area (Å²) < 4.78 is 11.0. The first-order valence-electron chi connectivity index (χ1n) is 11.0. The number of hydrogen-bond acceptors (Lipinski definition) is 10. The topological polar surface area (TPSA) is 135 Å². The third kappa shape index (κ3) is 11.4. The van der Waals surface area contributed by atoms with Crippen molar-refractivity contribution in [3.8, 4) is 0 Å². The van der Waals surface area contributed by atoms with Crippen molar-refractivity contribution in [2.24, 2.45) is 10.9 Å². The first kappa shape index (κ1) is 30.3. The number of ether oxygens (including phenoxy) is 2. The lowest BCUT2D eigenvalue weighted by atomic mass is 10.2. The summed E-state index contributed by atoms with van der Waals surface area (Å²) in [5.41, 5.74) is 1.05. The summed E-state index contributed by atoms with van der Waals surface area (Å²) >= 11 is 14.2. The van der Waals surface area contributed by atoms with Crippen LogP contribution < -0.4 is 16.5 Å². The molecular formula is C22H29Cl2N5O5S2. The van der Waals surface area contributed by atoms with E-state index in [0.29, 0.717) is 40.5 Å². The molecule has 1 saturated heterocycles. The van der Waals surface area contributed by atoms with Gasteiger partial charge in [0.1, 0.15) is 6.42 Å². The molecule has 0 bridgehead atoms. The predicted molar refractivity (Wildman–Crippen MR) is 145 cm³/mol. The van der Waals surface area contributed by atoms with Gasteiger partial charge in [-0.15, -0.1) is 11.8 Å². The van der Waals surface area contributed by atoms with Crippen LogP contribution in [0.2, 0.25) is 10.0 Å². The van der Waals surface area contributed by atoms with Crippen molar-refractivity contribution < 1.29 is 23.9 Å². The van der Waals surface area contributed by atoms with Crippen LogP contribution in [0.5, 0.6) is 0 Å². The van der Waals surface area contributed by atoms with Gasteiger partial charge < -0.3 is 25.9 Å². The van der Waals surface area contributed by atoms with Gasteiger partial charge in [-0.2, -0.15) is 5.10 Å². The second kappa shape index (κ2) is 16.0. The number of hydrazone groups is 1. The molecule has 1 aliphatic heterocycles. The van der Waals surface area contributed by atoms with Crippen LogP contribution in [0.4, 0.5) is 0 Å². The number of nitrogens with one attached hydrogen (secondary N) is 2. The Morgan fingerprint density at radius 2 is 2.08 bits per heavy atom. The number of hydrogen-bond donors (Lipinski definition) is 3. The molecule has 1 aromatic carbocycles. The van der Waals surface area contributed by atoms with Gasteiger partial charge in [-0.3, -0.25) is 19.3 Å². The van der Waals surface area contributed by atoms with Gasteiger partial charge in [-0.25, -0.2) is 0 Å². The van der Waals surface area contributed by atoms with Gasteiger partial charge in [-0.1, -0.05) is 35.8 Å². The Kier molecular flexibility index (Phi) is 13.5. The zero-order valence-corrected chi connectivity index (χ0v) is 22.9. The predicted octanol–water partition coefficient (Wildman–Crippen LogP) is 2.55. The van der Waals surface area contributed by atoms with Crippen LogP contribution in [0.3, 0.4) is 0 Å². The molecule has 0 saturated carbocycles. The Labute approximate surface area is 228 Å². The summed E-state index contributed by atoms with van der Waals surface area (Å²) in [6.45, 7) is 8.75. The van der Waals surface area contributed by atoms with Gasteiger partial charge in [0, 0.05) is 30.4 Å². The minimum atomic E-state index is -0.652. The highest BCUT2D eigenvalue weighted by atomic mass is 35.5. The van der Waals surface area contributed by atoms with E-state index < -0.39 is 18.3 Å². The van der Waals surface area contributed by atoms with Crippen molar-refractivity contribution in [2.45, 2.75) is 26.0 Å². The van der Waals surface area contributed by atoms with Crippen LogP contribution in [0.25, 0.3) is 0 Å². The van der Waals surface area contributed by atoms with Crippen molar-refractivity contribution in [1.29, 1.82) is 0 Å². The molecule has 14 heteroatoms. The van der Waals surface area contributed by atoms with E-state index in [9.17, 15) is 14.4 Å². The van der Waals surface area contributed by atoms with Crippen molar-refractivity contribution in [2.75, 3.05) is 38.6 Å². The number of nitrogens with two attached hydrogens (primary N) is 1. The molecule has 1 fully saturated rings. The summed E-state index contributed by atoms with van der Waals surface area (Å²) in [4.78, 5) is 37.7. The van der Waals surface area contributed by atoms with Crippen LogP contribution in [0.15, 0.2) is 34.1 Å².